The molecule has 0 aliphatic heterocycles. The van der Waals surface area contributed by atoms with E-state index in [1.54, 1.807) is 0 Å². The van der Waals surface area contributed by atoms with E-state index in [2.05, 4.69) is 0 Å². The van der Waals surface area contributed by atoms with E-state index in [4.69, 9.17) is 15.2 Å². The molecule has 1 aromatic rings. The Morgan fingerprint density at radius 2 is 1.92 bits per heavy atom. The van der Waals surface area contributed by atoms with Gasteiger partial charge in [-0.25, -0.2) is 4.39 Å². The van der Waals surface area contributed by atoms with Crippen molar-refractivity contribution in [1.29, 1.82) is 0 Å². The average Bonchev–Trinajstić information content (AvgIpc) is 1.96. The smallest absolute Gasteiger partial charge is 0.491 e. The van der Waals surface area contributed by atoms with Gasteiger partial charge in [0.25, 0.3) is 0 Å². The molecule has 1 aromatic carbocycles. The highest BCUT2D eigenvalue weighted by Gasteiger charge is 2.18. The van der Waals surface area contributed by atoms with E-state index in [1.807, 2.05) is 0 Å². The van der Waals surface area contributed by atoms with Gasteiger partial charge in [0, 0.05) is 5.46 Å². The summed E-state index contributed by atoms with van der Waals surface area (Å²) < 4.78 is 13.0. The number of halogens is 1. The van der Waals surface area contributed by atoms with Gasteiger partial charge in [0.1, 0.15) is 11.6 Å². The fourth-order valence-electron chi connectivity index (χ4n) is 0.965. The van der Waals surface area contributed by atoms with Gasteiger partial charge in [-0.15, -0.1) is 0 Å². The number of hydrogen-bond acceptors (Lipinski definition) is 3. The summed E-state index contributed by atoms with van der Waals surface area (Å²) in [6.07, 6.45) is 0. The van der Waals surface area contributed by atoms with Crippen molar-refractivity contribution >= 4 is 12.6 Å². The van der Waals surface area contributed by atoms with Crippen LogP contribution in [0.4, 0.5) is 4.39 Å². The molecule has 0 heterocycles. The quantitative estimate of drug-likeness (QED) is 0.498. The Morgan fingerprint density at radius 1 is 1.33 bits per heavy atom. The van der Waals surface area contributed by atoms with Gasteiger partial charge in [0.05, 0.1) is 0 Å². The van der Waals surface area contributed by atoms with Crippen LogP contribution in [0.5, 0.6) is 5.75 Å². The fraction of sp³-hybridized carbons (Fsp3) is 0.143. The number of aromatic hydroxyl groups is 1. The predicted octanol–water partition coefficient (Wildman–Crippen LogP) is -0.480. The first-order valence-electron chi connectivity index (χ1n) is 3.37. The first-order valence-corrected chi connectivity index (χ1v) is 3.37. The van der Waals surface area contributed by atoms with Gasteiger partial charge < -0.3 is 15.2 Å². The molecule has 0 aromatic heterocycles. The summed E-state index contributed by atoms with van der Waals surface area (Å²) in [5, 5.41) is 26.3. The van der Waals surface area contributed by atoms with Gasteiger partial charge in [0.15, 0.2) is 0 Å². The molecular formula is C7H8BFO3. The van der Waals surface area contributed by atoms with E-state index in [0.29, 0.717) is 0 Å². The number of aryl methyl sites for hydroxylation is 1. The number of rotatable bonds is 1. The van der Waals surface area contributed by atoms with Crippen molar-refractivity contribution in [3.05, 3.63) is 23.5 Å². The zero-order chi connectivity index (χ0) is 9.30. The summed E-state index contributed by atoms with van der Waals surface area (Å²) in [5.41, 5.74) is -0.134. The Labute approximate surface area is 69.2 Å². The molecule has 64 valence electrons. The van der Waals surface area contributed by atoms with Crippen LogP contribution in [0.1, 0.15) is 5.56 Å². The zero-order valence-corrected chi connectivity index (χ0v) is 6.45. The number of phenols is 1. The minimum atomic E-state index is -1.89. The van der Waals surface area contributed by atoms with Crippen molar-refractivity contribution in [2.24, 2.45) is 0 Å². The molecule has 0 saturated carbocycles. The number of hydrogen-bond donors (Lipinski definition) is 3. The standard InChI is InChI=1S/C7H8BFO3/c1-4-2-5(10)3-6(7(4)9)8(11)12/h2-3,10-12H,1H3. The topological polar surface area (TPSA) is 60.7 Å². The van der Waals surface area contributed by atoms with Crippen LogP contribution in [0.15, 0.2) is 12.1 Å². The maximum atomic E-state index is 13.0. The summed E-state index contributed by atoms with van der Waals surface area (Å²) >= 11 is 0. The van der Waals surface area contributed by atoms with Crippen LogP contribution >= 0.6 is 0 Å². The van der Waals surface area contributed by atoms with E-state index in [-0.39, 0.29) is 16.8 Å². The molecular weight excluding hydrogens is 162 g/mol. The van der Waals surface area contributed by atoms with Crippen molar-refractivity contribution < 1.29 is 19.5 Å². The molecule has 0 unspecified atom stereocenters. The minimum Gasteiger partial charge on any atom is -0.508 e. The van der Waals surface area contributed by atoms with Crippen LogP contribution in [-0.4, -0.2) is 22.3 Å². The van der Waals surface area contributed by atoms with Gasteiger partial charge in [-0.3, -0.25) is 0 Å². The zero-order valence-electron chi connectivity index (χ0n) is 6.45. The molecule has 0 aliphatic rings. The lowest BCUT2D eigenvalue weighted by Crippen LogP contribution is -2.33. The first-order chi connectivity index (χ1) is 5.52. The maximum absolute atomic E-state index is 13.0. The van der Waals surface area contributed by atoms with Crippen LogP contribution in [-0.2, 0) is 0 Å². The molecule has 0 saturated heterocycles. The second kappa shape index (κ2) is 3.12. The van der Waals surface area contributed by atoms with Crippen LogP contribution in [0.3, 0.4) is 0 Å². The fourth-order valence-corrected chi connectivity index (χ4v) is 0.965. The SMILES string of the molecule is Cc1cc(O)cc(B(O)O)c1F. The second-order valence-electron chi connectivity index (χ2n) is 2.54. The van der Waals surface area contributed by atoms with Crippen LogP contribution in [0.25, 0.3) is 0 Å². The van der Waals surface area contributed by atoms with E-state index in [1.165, 1.54) is 13.0 Å². The summed E-state index contributed by atoms with van der Waals surface area (Å²) in [6, 6.07) is 2.19. The molecule has 1 rings (SSSR count). The summed E-state index contributed by atoms with van der Waals surface area (Å²) in [4.78, 5) is 0. The van der Waals surface area contributed by atoms with Crippen molar-refractivity contribution in [2.45, 2.75) is 6.92 Å². The Bertz CT molecular complexity index is 301. The van der Waals surface area contributed by atoms with E-state index < -0.39 is 12.9 Å². The number of phenolic OH excluding ortho intramolecular Hbond substituents is 1. The Hall–Kier alpha value is -1.07. The summed E-state index contributed by atoms with van der Waals surface area (Å²) in [7, 11) is -1.89. The molecule has 0 radical (unpaired) electrons. The largest absolute Gasteiger partial charge is 0.508 e. The van der Waals surface area contributed by atoms with Gasteiger partial charge in [-0.05, 0) is 24.6 Å². The highest BCUT2D eigenvalue weighted by Crippen LogP contribution is 2.12. The molecule has 0 atom stereocenters. The van der Waals surface area contributed by atoms with E-state index in [9.17, 15) is 4.39 Å². The normalized spacial score (nSPS) is 10.0. The highest BCUT2D eigenvalue weighted by atomic mass is 19.1. The lowest BCUT2D eigenvalue weighted by Gasteiger charge is -2.04. The lowest BCUT2D eigenvalue weighted by molar-refractivity contribution is 0.421. The van der Waals surface area contributed by atoms with Crippen molar-refractivity contribution in [3.8, 4) is 5.75 Å². The molecule has 5 heteroatoms. The predicted molar refractivity (Wildman–Crippen MR) is 42.6 cm³/mol. The monoisotopic (exact) mass is 170 g/mol. The van der Waals surface area contributed by atoms with E-state index >= 15 is 0 Å². The molecule has 0 aliphatic carbocycles. The molecule has 12 heavy (non-hydrogen) atoms. The van der Waals surface area contributed by atoms with Crippen LogP contribution in [0, 0.1) is 12.7 Å². The third kappa shape index (κ3) is 1.57. The summed E-state index contributed by atoms with van der Waals surface area (Å²) in [6.45, 7) is 1.43. The molecule has 0 amide bonds. The van der Waals surface area contributed by atoms with Crippen molar-refractivity contribution in [1.82, 2.24) is 0 Å². The molecule has 0 bridgehead atoms. The molecule has 3 nitrogen and oxygen atoms in total. The Kier molecular flexibility index (Phi) is 2.35. The van der Waals surface area contributed by atoms with Crippen molar-refractivity contribution in [2.75, 3.05) is 0 Å². The average molecular weight is 170 g/mol. The van der Waals surface area contributed by atoms with Gasteiger partial charge in [0.2, 0.25) is 0 Å². The van der Waals surface area contributed by atoms with E-state index in [0.717, 1.165) is 6.07 Å². The highest BCUT2D eigenvalue weighted by molar-refractivity contribution is 6.58. The second-order valence-corrected chi connectivity index (χ2v) is 2.54. The van der Waals surface area contributed by atoms with Gasteiger partial charge in [-0.1, -0.05) is 0 Å². The molecule has 3 N–H and O–H groups in total. The summed E-state index contributed by atoms with van der Waals surface area (Å²) in [5.74, 6) is -0.889. The lowest BCUT2D eigenvalue weighted by atomic mass is 9.79. The third-order valence-electron chi connectivity index (χ3n) is 1.55. The minimum absolute atomic E-state index is 0.179. The Balaban J connectivity index is 3.28. The Morgan fingerprint density at radius 3 is 2.42 bits per heavy atom. The van der Waals surface area contributed by atoms with Gasteiger partial charge in [-0.2, -0.15) is 0 Å². The van der Waals surface area contributed by atoms with Gasteiger partial charge >= 0.3 is 7.12 Å². The van der Waals surface area contributed by atoms with Crippen LogP contribution in [0.2, 0.25) is 0 Å². The van der Waals surface area contributed by atoms with Crippen molar-refractivity contribution in [3.63, 3.8) is 0 Å². The number of benzene rings is 1. The first kappa shape index (κ1) is 9.03. The molecule has 0 fully saturated rings. The third-order valence-corrected chi connectivity index (χ3v) is 1.55. The van der Waals surface area contributed by atoms with Crippen LogP contribution < -0.4 is 5.46 Å². The molecule has 0 spiro atoms. The maximum Gasteiger partial charge on any atom is 0.491 e.